The molecule has 1 heterocycles. The van der Waals surface area contributed by atoms with E-state index in [1.54, 1.807) is 6.20 Å². The standard InChI is InChI=1S/C16H20N4O3S2/c17-15(22)12(20-16(23)13(7-24)19-14(21)8-25)5-9-6-18-11-4-2-1-3-10(9)11/h1-4,6,12-13,18,24-25H,5,7-8H2,(H2,17,22)(H,19,21)(H,20,23)/t12-,13-/m0/s1. The van der Waals surface area contributed by atoms with Crippen molar-refractivity contribution in [2.45, 2.75) is 18.5 Å². The quantitative estimate of drug-likeness (QED) is 0.363. The van der Waals surface area contributed by atoms with Crippen LogP contribution in [0.3, 0.4) is 0 Å². The van der Waals surface area contributed by atoms with E-state index in [-0.39, 0.29) is 17.9 Å². The number of H-pyrrole nitrogens is 1. The van der Waals surface area contributed by atoms with Crippen LogP contribution < -0.4 is 16.4 Å². The lowest BCUT2D eigenvalue weighted by molar-refractivity contribution is -0.130. The molecule has 0 aliphatic heterocycles. The molecule has 0 spiro atoms. The summed E-state index contributed by atoms with van der Waals surface area (Å²) in [4.78, 5) is 38.6. The Morgan fingerprint density at radius 3 is 2.48 bits per heavy atom. The monoisotopic (exact) mass is 380 g/mol. The van der Waals surface area contributed by atoms with Crippen LogP contribution in [0, 0.1) is 0 Å². The van der Waals surface area contributed by atoms with E-state index in [9.17, 15) is 14.4 Å². The smallest absolute Gasteiger partial charge is 0.244 e. The van der Waals surface area contributed by atoms with Crippen molar-refractivity contribution < 1.29 is 14.4 Å². The van der Waals surface area contributed by atoms with Crippen LogP contribution in [0.2, 0.25) is 0 Å². The third-order valence-electron chi connectivity index (χ3n) is 3.74. The Kier molecular flexibility index (Phi) is 6.77. The van der Waals surface area contributed by atoms with E-state index in [1.165, 1.54) is 0 Å². The second-order valence-electron chi connectivity index (χ2n) is 5.49. The lowest BCUT2D eigenvalue weighted by atomic mass is 10.0. The van der Waals surface area contributed by atoms with E-state index >= 15 is 0 Å². The number of thiol groups is 2. The number of carbonyl (C=O) groups is 3. The first-order valence-electron chi connectivity index (χ1n) is 7.62. The van der Waals surface area contributed by atoms with Crippen molar-refractivity contribution in [2.75, 3.05) is 11.5 Å². The van der Waals surface area contributed by atoms with Crippen LogP contribution in [0.25, 0.3) is 10.9 Å². The molecule has 0 radical (unpaired) electrons. The number of para-hydroxylation sites is 1. The molecule has 1 aromatic carbocycles. The average molecular weight is 380 g/mol. The molecule has 0 bridgehead atoms. The highest BCUT2D eigenvalue weighted by molar-refractivity contribution is 7.81. The predicted octanol–water partition coefficient (Wildman–Crippen LogP) is 0.0249. The van der Waals surface area contributed by atoms with Gasteiger partial charge >= 0.3 is 0 Å². The van der Waals surface area contributed by atoms with Crippen molar-refractivity contribution in [3.05, 3.63) is 36.0 Å². The molecule has 2 aromatic rings. The van der Waals surface area contributed by atoms with E-state index in [4.69, 9.17) is 5.73 Å². The summed E-state index contributed by atoms with van der Waals surface area (Å²) in [5, 5.41) is 6.03. The maximum absolute atomic E-state index is 12.3. The number of rotatable bonds is 8. The van der Waals surface area contributed by atoms with Crippen LogP contribution in [0.4, 0.5) is 0 Å². The summed E-state index contributed by atoms with van der Waals surface area (Å²) in [6, 6.07) is 5.86. The lowest BCUT2D eigenvalue weighted by Gasteiger charge is -2.20. The first kappa shape index (κ1) is 19.2. The van der Waals surface area contributed by atoms with Crippen molar-refractivity contribution in [2.24, 2.45) is 5.73 Å². The topological polar surface area (TPSA) is 117 Å². The Balaban J connectivity index is 2.11. The Morgan fingerprint density at radius 2 is 1.84 bits per heavy atom. The molecule has 1 aromatic heterocycles. The molecular formula is C16H20N4O3S2. The van der Waals surface area contributed by atoms with Gasteiger partial charge in [0.1, 0.15) is 12.1 Å². The molecule has 0 aliphatic rings. The number of benzene rings is 1. The number of aromatic amines is 1. The third-order valence-corrected chi connectivity index (χ3v) is 4.39. The minimum Gasteiger partial charge on any atom is -0.368 e. The van der Waals surface area contributed by atoms with Gasteiger partial charge in [0.2, 0.25) is 17.7 Å². The number of nitrogens with one attached hydrogen (secondary N) is 3. The molecule has 9 heteroatoms. The highest BCUT2D eigenvalue weighted by Gasteiger charge is 2.25. The minimum atomic E-state index is -0.901. The second kappa shape index (κ2) is 8.82. The van der Waals surface area contributed by atoms with Gasteiger partial charge in [0.15, 0.2) is 0 Å². The number of primary amides is 1. The Hall–Kier alpha value is -2.13. The number of hydrogen-bond acceptors (Lipinski definition) is 5. The van der Waals surface area contributed by atoms with Crippen LogP contribution in [0.15, 0.2) is 30.5 Å². The van der Waals surface area contributed by atoms with Gasteiger partial charge in [-0.2, -0.15) is 25.3 Å². The predicted molar refractivity (Wildman–Crippen MR) is 103 cm³/mol. The summed E-state index contributed by atoms with van der Waals surface area (Å²) in [6.07, 6.45) is 2.02. The molecule has 0 fully saturated rings. The van der Waals surface area contributed by atoms with Crippen LogP contribution in [0.1, 0.15) is 5.56 Å². The molecule has 3 amide bonds. The number of aromatic nitrogens is 1. The van der Waals surface area contributed by atoms with Crippen LogP contribution >= 0.6 is 25.3 Å². The molecule has 0 unspecified atom stereocenters. The van der Waals surface area contributed by atoms with Crippen molar-refractivity contribution in [1.29, 1.82) is 0 Å². The first-order chi connectivity index (χ1) is 12.0. The molecule has 2 rings (SSSR count). The molecule has 0 saturated carbocycles. The Morgan fingerprint density at radius 1 is 1.12 bits per heavy atom. The van der Waals surface area contributed by atoms with E-state index < -0.39 is 29.8 Å². The molecule has 2 atom stereocenters. The SMILES string of the molecule is NC(=O)[C@H](Cc1c[nH]c2ccccc12)NC(=O)[C@H](CS)NC(=O)CS. The fourth-order valence-corrected chi connectivity index (χ4v) is 2.80. The Bertz CT molecular complexity index is 778. The van der Waals surface area contributed by atoms with Crippen molar-refractivity contribution in [1.82, 2.24) is 15.6 Å². The number of carbonyl (C=O) groups excluding carboxylic acids is 3. The Labute approximate surface area is 155 Å². The summed E-state index contributed by atoms with van der Waals surface area (Å²) in [5.41, 5.74) is 7.23. The largest absolute Gasteiger partial charge is 0.368 e. The second-order valence-corrected chi connectivity index (χ2v) is 6.17. The van der Waals surface area contributed by atoms with Gasteiger partial charge in [0.25, 0.3) is 0 Å². The zero-order valence-electron chi connectivity index (χ0n) is 13.4. The van der Waals surface area contributed by atoms with E-state index in [1.807, 2.05) is 24.3 Å². The van der Waals surface area contributed by atoms with Gasteiger partial charge in [0, 0.05) is 29.3 Å². The fourth-order valence-electron chi connectivity index (χ4n) is 2.45. The van der Waals surface area contributed by atoms with Gasteiger partial charge in [-0.25, -0.2) is 0 Å². The van der Waals surface area contributed by atoms with Gasteiger partial charge in [-0.15, -0.1) is 0 Å². The maximum Gasteiger partial charge on any atom is 0.244 e. The van der Waals surface area contributed by atoms with Crippen molar-refractivity contribution >= 4 is 53.9 Å². The van der Waals surface area contributed by atoms with Crippen LogP contribution in [-0.4, -0.2) is 46.3 Å². The van der Waals surface area contributed by atoms with E-state index in [0.29, 0.717) is 0 Å². The summed E-state index contributed by atoms with van der Waals surface area (Å²) >= 11 is 7.91. The molecule has 0 saturated heterocycles. The molecule has 134 valence electrons. The maximum atomic E-state index is 12.3. The molecule has 5 N–H and O–H groups in total. The van der Waals surface area contributed by atoms with E-state index in [0.717, 1.165) is 16.5 Å². The van der Waals surface area contributed by atoms with Gasteiger partial charge in [-0.1, -0.05) is 18.2 Å². The lowest BCUT2D eigenvalue weighted by Crippen LogP contribution is -2.54. The van der Waals surface area contributed by atoms with Crippen molar-refractivity contribution in [3.8, 4) is 0 Å². The zero-order chi connectivity index (χ0) is 18.4. The van der Waals surface area contributed by atoms with Gasteiger partial charge in [-0.3, -0.25) is 14.4 Å². The van der Waals surface area contributed by atoms with Crippen LogP contribution in [-0.2, 0) is 20.8 Å². The van der Waals surface area contributed by atoms with Gasteiger partial charge < -0.3 is 21.4 Å². The number of amides is 3. The van der Waals surface area contributed by atoms with Crippen LogP contribution in [0.5, 0.6) is 0 Å². The van der Waals surface area contributed by atoms with Gasteiger partial charge in [0.05, 0.1) is 5.75 Å². The van der Waals surface area contributed by atoms with Crippen molar-refractivity contribution in [3.63, 3.8) is 0 Å². The highest BCUT2D eigenvalue weighted by atomic mass is 32.1. The zero-order valence-corrected chi connectivity index (χ0v) is 15.1. The normalized spacial score (nSPS) is 13.2. The van der Waals surface area contributed by atoms with Gasteiger partial charge in [-0.05, 0) is 11.6 Å². The third kappa shape index (κ3) is 4.93. The number of nitrogens with two attached hydrogens (primary N) is 1. The number of hydrogen-bond donors (Lipinski definition) is 6. The highest BCUT2D eigenvalue weighted by Crippen LogP contribution is 2.19. The number of fused-ring (bicyclic) bond motifs is 1. The van der Waals surface area contributed by atoms with E-state index in [2.05, 4.69) is 40.9 Å². The molecule has 0 aliphatic carbocycles. The average Bonchev–Trinajstić information content (AvgIpc) is 3.01. The summed E-state index contributed by atoms with van der Waals surface area (Å²) in [5.74, 6) is -1.54. The molecular weight excluding hydrogens is 360 g/mol. The molecule has 7 nitrogen and oxygen atoms in total. The fraction of sp³-hybridized carbons (Fsp3) is 0.312. The summed E-state index contributed by atoms with van der Waals surface area (Å²) in [7, 11) is 0. The summed E-state index contributed by atoms with van der Waals surface area (Å²) < 4.78 is 0. The first-order valence-corrected chi connectivity index (χ1v) is 8.88. The summed E-state index contributed by atoms with van der Waals surface area (Å²) in [6.45, 7) is 0. The minimum absolute atomic E-state index is 0.0495. The molecule has 25 heavy (non-hydrogen) atoms.